The highest BCUT2D eigenvalue weighted by molar-refractivity contribution is 6.30. The van der Waals surface area contributed by atoms with Crippen molar-refractivity contribution in [3.63, 3.8) is 0 Å². The Kier molecular flexibility index (Phi) is 11.4. The summed E-state index contributed by atoms with van der Waals surface area (Å²) in [6.45, 7) is 6.63. The second kappa shape index (κ2) is 16.1. The summed E-state index contributed by atoms with van der Waals surface area (Å²) >= 11 is 6.30. The number of halogens is 1. The summed E-state index contributed by atoms with van der Waals surface area (Å²) in [5, 5.41) is 24.5. The molecule has 1 aliphatic heterocycles. The number of carbonyl (C=O) groups is 2. The average Bonchev–Trinajstić information content (AvgIpc) is 3.69. The Labute approximate surface area is 323 Å². The number of hydrogen-bond donors (Lipinski definition) is 3. The van der Waals surface area contributed by atoms with Crippen LogP contribution >= 0.6 is 11.6 Å². The van der Waals surface area contributed by atoms with Gasteiger partial charge in [0.1, 0.15) is 29.2 Å². The van der Waals surface area contributed by atoms with Crippen molar-refractivity contribution in [3.8, 4) is 11.5 Å². The van der Waals surface area contributed by atoms with Gasteiger partial charge in [0, 0.05) is 54.8 Å². The number of ether oxygens (including phenoxy) is 3. The highest BCUT2D eigenvalue weighted by Gasteiger charge is 2.54. The molecule has 3 aromatic rings. The highest BCUT2D eigenvalue weighted by Crippen LogP contribution is 2.57. The summed E-state index contributed by atoms with van der Waals surface area (Å²) in [7, 11) is 1.62. The largest absolute Gasteiger partial charge is 0.493 e. The monoisotopic (exact) mass is 759 g/mol. The van der Waals surface area contributed by atoms with Gasteiger partial charge in [0.2, 0.25) is 0 Å². The van der Waals surface area contributed by atoms with Crippen LogP contribution in [0.5, 0.6) is 11.5 Å². The molecule has 2 fully saturated rings. The van der Waals surface area contributed by atoms with Crippen LogP contribution in [0.4, 0.5) is 5.69 Å². The number of aryl methyl sites for hydroxylation is 1. The first-order chi connectivity index (χ1) is 26.0. The lowest BCUT2D eigenvalue weighted by Crippen LogP contribution is -2.53. The molecule has 7 rings (SSSR count). The topological polar surface area (TPSA) is 130 Å². The van der Waals surface area contributed by atoms with E-state index < -0.39 is 23.5 Å². The third kappa shape index (κ3) is 7.80. The van der Waals surface area contributed by atoms with Crippen molar-refractivity contribution in [1.82, 2.24) is 9.88 Å². The van der Waals surface area contributed by atoms with E-state index in [0.29, 0.717) is 75.0 Å². The quantitative estimate of drug-likeness (QED) is 0.150. The summed E-state index contributed by atoms with van der Waals surface area (Å²) < 4.78 is 18.4. The fourth-order valence-corrected chi connectivity index (χ4v) is 10.2. The van der Waals surface area contributed by atoms with E-state index in [1.807, 2.05) is 35.4 Å². The molecule has 54 heavy (non-hydrogen) atoms. The van der Waals surface area contributed by atoms with Crippen molar-refractivity contribution in [2.45, 2.75) is 107 Å². The summed E-state index contributed by atoms with van der Waals surface area (Å²) in [5.41, 5.74) is 4.28. The number of nitrogens with one attached hydrogen (secondary N) is 1. The lowest BCUT2D eigenvalue weighted by atomic mass is 9.59. The molecule has 0 unspecified atom stereocenters. The van der Waals surface area contributed by atoms with Gasteiger partial charge in [-0.1, -0.05) is 37.6 Å². The Balaban J connectivity index is 1.13. The van der Waals surface area contributed by atoms with Gasteiger partial charge in [0.15, 0.2) is 0 Å². The molecule has 11 heteroatoms. The van der Waals surface area contributed by atoms with E-state index in [4.69, 9.17) is 25.8 Å². The number of rotatable bonds is 14. The Morgan fingerprint density at radius 2 is 1.93 bits per heavy atom. The Morgan fingerprint density at radius 1 is 1.11 bits per heavy atom. The molecule has 1 aromatic heterocycles. The number of carboxylic acid groups (broad SMARTS) is 2. The molecule has 4 aliphatic rings. The van der Waals surface area contributed by atoms with Crippen LogP contribution in [-0.4, -0.2) is 83.1 Å². The summed E-state index contributed by atoms with van der Waals surface area (Å²) in [6.07, 6.45) is 9.47. The smallest absolute Gasteiger partial charge is 0.329 e. The Morgan fingerprint density at radius 3 is 2.67 bits per heavy atom. The molecule has 2 heterocycles. The molecular formula is C43H54ClN3O7. The average molecular weight is 760 g/mol. The molecule has 1 saturated carbocycles. The van der Waals surface area contributed by atoms with Crippen LogP contribution in [0.2, 0.25) is 5.02 Å². The number of anilines is 1. The zero-order valence-corrected chi connectivity index (χ0v) is 32.4. The minimum atomic E-state index is -1.12. The van der Waals surface area contributed by atoms with Crippen LogP contribution in [0.25, 0.3) is 0 Å². The standard InChI is InChI=1S/C43H54ClN3O7/c1-27(26-53-38-12-17-45-36-9-4-6-28(2)39(36)38)20-30-21-29-10-11-33(54-34-24-37(40(48)49)47(25-34)18-19-52-3)23-35(29)42(30)13-15-43(16-14-42,41(50)51)46-32-8-5-7-31(44)22-32/h5,7-8,10-12,17,22-23,27-28,30,34,37,46H,4,6,9,13-16,18-21,24-26H2,1-3H3,(H,48,49)(H,50,51)/t27-,28-,30+,34+,37+,42?,43?/m1/s1. The van der Waals surface area contributed by atoms with Crippen LogP contribution in [0.1, 0.15) is 93.5 Å². The fraction of sp³-hybridized carbons (Fsp3) is 0.558. The maximum atomic E-state index is 13.0. The molecule has 1 spiro atoms. The van der Waals surface area contributed by atoms with E-state index in [1.54, 1.807) is 19.2 Å². The number of hydrogen-bond acceptors (Lipinski definition) is 8. The lowest BCUT2D eigenvalue weighted by molar-refractivity contribution is -0.144. The van der Waals surface area contributed by atoms with E-state index in [-0.39, 0.29) is 23.4 Å². The van der Waals surface area contributed by atoms with Gasteiger partial charge >= 0.3 is 11.9 Å². The SMILES string of the molecule is COCCN1C[C@@H](Oc2ccc3c(c2)C2(CCC(Nc4cccc(Cl)c4)(C(=O)O)CC2)[C@@H](C[C@@H](C)COc2ccnc4c2[C@H](C)CCC4)C3)C[C@H]1C(=O)O. The van der Waals surface area contributed by atoms with Gasteiger partial charge in [0.05, 0.1) is 13.2 Å². The van der Waals surface area contributed by atoms with E-state index in [1.165, 1.54) is 16.7 Å². The van der Waals surface area contributed by atoms with Gasteiger partial charge in [-0.3, -0.25) is 14.7 Å². The third-order valence-electron chi connectivity index (χ3n) is 12.8. The Bertz CT molecular complexity index is 1830. The van der Waals surface area contributed by atoms with Gasteiger partial charge < -0.3 is 29.7 Å². The predicted octanol–water partition coefficient (Wildman–Crippen LogP) is 7.75. The van der Waals surface area contributed by atoms with Crippen LogP contribution < -0.4 is 14.8 Å². The second-order valence-electron chi connectivity index (χ2n) is 16.3. The second-order valence-corrected chi connectivity index (χ2v) is 16.8. The van der Waals surface area contributed by atoms with Crippen molar-refractivity contribution in [2.75, 3.05) is 38.7 Å². The highest BCUT2D eigenvalue weighted by atomic mass is 35.5. The van der Waals surface area contributed by atoms with E-state index >= 15 is 0 Å². The molecular weight excluding hydrogens is 706 g/mol. The first-order valence-corrected chi connectivity index (χ1v) is 20.0. The summed E-state index contributed by atoms with van der Waals surface area (Å²) in [6, 6.07) is 15.0. The zero-order valence-electron chi connectivity index (χ0n) is 31.7. The first-order valence-electron chi connectivity index (χ1n) is 19.6. The molecule has 290 valence electrons. The number of aromatic nitrogens is 1. The number of pyridine rings is 1. The molecule has 1 saturated heterocycles. The van der Waals surface area contributed by atoms with Crippen molar-refractivity contribution in [3.05, 3.63) is 82.1 Å². The minimum absolute atomic E-state index is 0.244. The van der Waals surface area contributed by atoms with E-state index in [0.717, 1.165) is 49.3 Å². The molecule has 10 nitrogen and oxygen atoms in total. The number of benzene rings is 2. The lowest BCUT2D eigenvalue weighted by Gasteiger charge is -2.47. The van der Waals surface area contributed by atoms with E-state index in [2.05, 4.69) is 36.3 Å². The van der Waals surface area contributed by atoms with E-state index in [9.17, 15) is 19.8 Å². The molecule has 2 aromatic carbocycles. The zero-order chi connectivity index (χ0) is 38.0. The number of likely N-dealkylation sites (tertiary alicyclic amines) is 1. The van der Waals surface area contributed by atoms with Crippen molar-refractivity contribution in [1.29, 1.82) is 0 Å². The molecule has 3 N–H and O–H groups in total. The molecule has 0 bridgehead atoms. The van der Waals surface area contributed by atoms with Gasteiger partial charge in [0.25, 0.3) is 0 Å². The van der Waals surface area contributed by atoms with Crippen LogP contribution in [0.3, 0.4) is 0 Å². The van der Waals surface area contributed by atoms with Crippen molar-refractivity contribution >= 4 is 29.2 Å². The third-order valence-corrected chi connectivity index (χ3v) is 13.0. The van der Waals surface area contributed by atoms with Crippen LogP contribution in [0.15, 0.2) is 54.7 Å². The molecule has 0 amide bonds. The van der Waals surface area contributed by atoms with Crippen LogP contribution in [0, 0.1) is 11.8 Å². The summed E-state index contributed by atoms with van der Waals surface area (Å²) in [5.74, 6) is 0.974. The van der Waals surface area contributed by atoms with Gasteiger partial charge in [-0.25, -0.2) is 4.79 Å². The van der Waals surface area contributed by atoms with Crippen LogP contribution in [-0.2, 0) is 32.6 Å². The maximum absolute atomic E-state index is 13.0. The van der Waals surface area contributed by atoms with Gasteiger partial charge in [-0.15, -0.1) is 0 Å². The van der Waals surface area contributed by atoms with Crippen molar-refractivity contribution < 1.29 is 34.0 Å². The minimum Gasteiger partial charge on any atom is -0.493 e. The first kappa shape index (κ1) is 38.4. The molecule has 0 radical (unpaired) electrons. The number of nitrogens with zero attached hydrogens (tertiary/aromatic N) is 2. The number of fused-ring (bicyclic) bond motifs is 3. The van der Waals surface area contributed by atoms with Gasteiger partial charge in [-0.05, 0) is 128 Å². The summed E-state index contributed by atoms with van der Waals surface area (Å²) in [4.78, 5) is 31.7. The normalized spacial score (nSPS) is 28.3. The molecule has 3 aliphatic carbocycles. The Hall–Kier alpha value is -3.86. The number of carboxylic acids is 2. The van der Waals surface area contributed by atoms with Gasteiger partial charge in [-0.2, -0.15) is 0 Å². The predicted molar refractivity (Wildman–Crippen MR) is 208 cm³/mol. The molecule has 5 atom stereocenters. The fourth-order valence-electron chi connectivity index (χ4n) is 10.0. The number of aliphatic carboxylic acids is 2. The number of methoxy groups -OCH3 is 1. The maximum Gasteiger partial charge on any atom is 0.329 e. The van der Waals surface area contributed by atoms with Crippen molar-refractivity contribution in [2.24, 2.45) is 11.8 Å².